The quantitative estimate of drug-likeness (QED) is 0.300. The summed E-state index contributed by atoms with van der Waals surface area (Å²) in [5.41, 5.74) is 0.924. The zero-order valence-corrected chi connectivity index (χ0v) is 19.2. The molecule has 0 amide bonds. The van der Waals surface area contributed by atoms with Crippen LogP contribution in [0.5, 0.6) is 5.75 Å². The largest absolute Gasteiger partial charge is 0.489 e. The van der Waals surface area contributed by atoms with Crippen LogP contribution in [-0.4, -0.2) is 30.3 Å². The summed E-state index contributed by atoms with van der Waals surface area (Å²) < 4.78 is 24.5. The Hall–Kier alpha value is -1.84. The van der Waals surface area contributed by atoms with Crippen LogP contribution in [0.15, 0.2) is 39.8 Å². The third-order valence-corrected chi connectivity index (χ3v) is 3.96. The number of nitrogens with one attached hydrogen (secondary N) is 2. The summed E-state index contributed by atoms with van der Waals surface area (Å²) >= 11 is 0. The fourth-order valence-electron chi connectivity index (χ4n) is 2.39. The van der Waals surface area contributed by atoms with Gasteiger partial charge in [-0.25, -0.2) is 9.38 Å². The van der Waals surface area contributed by atoms with Crippen LogP contribution in [0.2, 0.25) is 0 Å². The molecule has 0 fully saturated rings. The highest BCUT2D eigenvalue weighted by Crippen LogP contribution is 2.15. The van der Waals surface area contributed by atoms with Crippen molar-refractivity contribution in [2.75, 3.05) is 13.1 Å². The van der Waals surface area contributed by atoms with Gasteiger partial charge in [-0.05, 0) is 31.4 Å². The summed E-state index contributed by atoms with van der Waals surface area (Å²) in [5.74, 6) is 1.93. The van der Waals surface area contributed by atoms with E-state index in [9.17, 15) is 4.39 Å². The first-order valence-electron chi connectivity index (χ1n) is 9.41. The fourth-order valence-corrected chi connectivity index (χ4v) is 2.39. The summed E-state index contributed by atoms with van der Waals surface area (Å²) in [6.07, 6.45) is 0.677. The molecule has 156 valence electrons. The number of nitrogens with zero attached hydrogens (tertiary/aromatic N) is 2. The number of hydrogen-bond donors (Lipinski definition) is 2. The van der Waals surface area contributed by atoms with Crippen LogP contribution in [0, 0.1) is 5.82 Å². The average Bonchev–Trinajstić information content (AvgIpc) is 3.12. The van der Waals surface area contributed by atoms with Gasteiger partial charge in [0.15, 0.2) is 11.7 Å². The Morgan fingerprint density at radius 2 is 2.04 bits per heavy atom. The molecule has 28 heavy (non-hydrogen) atoms. The molecule has 0 saturated heterocycles. The van der Waals surface area contributed by atoms with Crippen LogP contribution in [0.25, 0.3) is 0 Å². The van der Waals surface area contributed by atoms with Crippen molar-refractivity contribution in [2.24, 2.45) is 4.99 Å². The summed E-state index contributed by atoms with van der Waals surface area (Å²) in [6, 6.07) is 8.11. The van der Waals surface area contributed by atoms with E-state index in [4.69, 9.17) is 9.26 Å². The lowest BCUT2D eigenvalue weighted by Crippen LogP contribution is -2.42. The number of rotatable bonds is 9. The van der Waals surface area contributed by atoms with E-state index >= 15 is 0 Å². The Labute approximate surface area is 183 Å². The van der Waals surface area contributed by atoms with Crippen LogP contribution in [0.4, 0.5) is 4.39 Å². The van der Waals surface area contributed by atoms with Crippen molar-refractivity contribution in [1.82, 2.24) is 15.8 Å². The second-order valence-electron chi connectivity index (χ2n) is 6.55. The average molecular weight is 504 g/mol. The maximum absolute atomic E-state index is 13.3. The minimum atomic E-state index is -0.307. The highest BCUT2D eigenvalue weighted by atomic mass is 127. The van der Waals surface area contributed by atoms with E-state index in [-0.39, 0.29) is 35.9 Å². The SMILES string of the molecule is CCNC(=NCc1cc(C(C)C)no1)NCC(CC)Oc1cccc(F)c1.I. The topological polar surface area (TPSA) is 71.7 Å². The zero-order valence-electron chi connectivity index (χ0n) is 16.9. The molecule has 0 saturated carbocycles. The minimum absolute atomic E-state index is 0. The molecule has 1 unspecified atom stereocenters. The lowest BCUT2D eigenvalue weighted by atomic mass is 10.1. The maximum Gasteiger partial charge on any atom is 0.191 e. The molecular formula is C20H30FIN4O2. The normalized spacial score (nSPS) is 12.4. The van der Waals surface area contributed by atoms with Gasteiger partial charge in [0.1, 0.15) is 24.2 Å². The Morgan fingerprint density at radius 1 is 1.25 bits per heavy atom. The minimum Gasteiger partial charge on any atom is -0.489 e. The van der Waals surface area contributed by atoms with Crippen molar-refractivity contribution in [1.29, 1.82) is 0 Å². The fraction of sp³-hybridized carbons (Fsp3) is 0.500. The van der Waals surface area contributed by atoms with Gasteiger partial charge in [0.25, 0.3) is 0 Å². The van der Waals surface area contributed by atoms with E-state index in [1.54, 1.807) is 12.1 Å². The van der Waals surface area contributed by atoms with Gasteiger partial charge in [0.2, 0.25) is 0 Å². The molecular weight excluding hydrogens is 474 g/mol. The van der Waals surface area contributed by atoms with Crippen molar-refractivity contribution < 1.29 is 13.7 Å². The predicted molar refractivity (Wildman–Crippen MR) is 120 cm³/mol. The summed E-state index contributed by atoms with van der Waals surface area (Å²) in [4.78, 5) is 4.53. The van der Waals surface area contributed by atoms with E-state index in [1.807, 2.05) is 19.9 Å². The molecule has 2 rings (SSSR count). The van der Waals surface area contributed by atoms with Crippen molar-refractivity contribution in [3.63, 3.8) is 0 Å². The van der Waals surface area contributed by atoms with Gasteiger partial charge in [0.05, 0.1) is 12.2 Å². The second kappa shape index (κ2) is 12.6. The molecule has 1 aromatic carbocycles. The maximum atomic E-state index is 13.3. The highest BCUT2D eigenvalue weighted by molar-refractivity contribution is 14.0. The van der Waals surface area contributed by atoms with Gasteiger partial charge < -0.3 is 19.9 Å². The monoisotopic (exact) mass is 504 g/mol. The Morgan fingerprint density at radius 3 is 2.64 bits per heavy atom. The molecule has 0 aliphatic heterocycles. The lowest BCUT2D eigenvalue weighted by molar-refractivity contribution is 0.198. The molecule has 6 nitrogen and oxygen atoms in total. The van der Waals surface area contributed by atoms with Gasteiger partial charge in [-0.2, -0.15) is 0 Å². The predicted octanol–water partition coefficient (Wildman–Crippen LogP) is 4.47. The Balaban J connectivity index is 0.00000392. The first-order chi connectivity index (χ1) is 13.0. The number of benzene rings is 1. The molecule has 0 bridgehead atoms. The van der Waals surface area contributed by atoms with Crippen molar-refractivity contribution >= 4 is 29.9 Å². The van der Waals surface area contributed by atoms with Gasteiger partial charge in [0, 0.05) is 18.7 Å². The van der Waals surface area contributed by atoms with E-state index in [2.05, 4.69) is 34.6 Å². The van der Waals surface area contributed by atoms with E-state index < -0.39 is 0 Å². The van der Waals surface area contributed by atoms with E-state index in [1.165, 1.54) is 12.1 Å². The molecule has 8 heteroatoms. The molecule has 0 aliphatic rings. The molecule has 0 aliphatic carbocycles. The van der Waals surface area contributed by atoms with Gasteiger partial charge in [-0.3, -0.25) is 0 Å². The van der Waals surface area contributed by atoms with Gasteiger partial charge >= 0.3 is 0 Å². The third kappa shape index (κ3) is 8.04. The number of aliphatic imine (C=N–C) groups is 1. The van der Waals surface area contributed by atoms with Crippen molar-refractivity contribution in [2.45, 2.75) is 52.7 Å². The van der Waals surface area contributed by atoms with Crippen LogP contribution in [-0.2, 0) is 6.54 Å². The number of aromatic nitrogens is 1. The first-order valence-corrected chi connectivity index (χ1v) is 9.41. The van der Waals surface area contributed by atoms with Crippen LogP contribution in [0.1, 0.15) is 51.5 Å². The molecule has 1 atom stereocenters. The Bertz CT molecular complexity index is 737. The smallest absolute Gasteiger partial charge is 0.191 e. The van der Waals surface area contributed by atoms with Gasteiger partial charge in [-0.15, -0.1) is 24.0 Å². The van der Waals surface area contributed by atoms with Crippen LogP contribution < -0.4 is 15.4 Å². The Kier molecular flexibility index (Phi) is 10.9. The molecule has 1 aromatic heterocycles. The molecule has 2 N–H and O–H groups in total. The van der Waals surface area contributed by atoms with Crippen molar-refractivity contribution in [3.8, 4) is 5.75 Å². The molecule has 0 spiro atoms. The lowest BCUT2D eigenvalue weighted by Gasteiger charge is -2.20. The summed E-state index contributed by atoms with van der Waals surface area (Å²) in [6.45, 7) is 9.85. The van der Waals surface area contributed by atoms with E-state index in [0.29, 0.717) is 30.7 Å². The molecule has 0 radical (unpaired) electrons. The highest BCUT2D eigenvalue weighted by Gasteiger charge is 2.11. The number of guanidine groups is 1. The standard InChI is InChI=1S/C20H29FN4O2.HI/c1-5-16(26-17-9-7-8-15(21)10-17)12-23-20(22-6-2)24-13-18-11-19(14(3)4)25-27-18;/h7-11,14,16H,5-6,12-13H2,1-4H3,(H2,22,23,24);1H. The van der Waals surface area contributed by atoms with Crippen LogP contribution >= 0.6 is 24.0 Å². The number of hydrogen-bond acceptors (Lipinski definition) is 4. The second-order valence-corrected chi connectivity index (χ2v) is 6.55. The summed E-state index contributed by atoms with van der Waals surface area (Å²) in [5, 5.41) is 10.5. The molecule has 2 aromatic rings. The zero-order chi connectivity index (χ0) is 19.6. The number of halogens is 2. The van der Waals surface area contributed by atoms with Crippen molar-refractivity contribution in [3.05, 3.63) is 47.6 Å². The van der Waals surface area contributed by atoms with Gasteiger partial charge in [-0.1, -0.05) is 32.0 Å². The number of ether oxygens (including phenoxy) is 1. The molecule has 1 heterocycles. The van der Waals surface area contributed by atoms with E-state index in [0.717, 1.165) is 24.4 Å². The third-order valence-electron chi connectivity index (χ3n) is 3.96. The van der Waals surface area contributed by atoms with Crippen LogP contribution in [0.3, 0.4) is 0 Å². The first kappa shape index (κ1) is 24.2. The summed E-state index contributed by atoms with van der Waals surface area (Å²) in [7, 11) is 0.